The van der Waals surface area contributed by atoms with E-state index in [9.17, 15) is 4.79 Å². The van der Waals surface area contributed by atoms with Gasteiger partial charge in [-0.1, -0.05) is 18.2 Å². The molecular weight excluding hydrogens is 226 g/mol. The highest BCUT2D eigenvalue weighted by Gasteiger charge is 2.08. The van der Waals surface area contributed by atoms with E-state index in [1.165, 1.54) is 0 Å². The van der Waals surface area contributed by atoms with E-state index in [0.29, 0.717) is 0 Å². The Kier molecular flexibility index (Phi) is 3.46. The number of aromatic nitrogens is 2. The Bertz CT molecular complexity index is 552. The molecule has 0 saturated carbocycles. The predicted molar refractivity (Wildman–Crippen MR) is 71.5 cm³/mol. The number of aryl methyl sites for hydroxylation is 3. The highest BCUT2D eigenvalue weighted by Crippen LogP contribution is 2.19. The molecule has 0 radical (unpaired) electrons. The first-order chi connectivity index (χ1) is 8.56. The van der Waals surface area contributed by atoms with E-state index in [1.54, 1.807) is 10.9 Å². The molecule has 0 saturated heterocycles. The molecule has 1 aromatic heterocycles. The summed E-state index contributed by atoms with van der Waals surface area (Å²) in [6.07, 6.45) is 1.81. The molecule has 0 aliphatic rings. The summed E-state index contributed by atoms with van der Waals surface area (Å²) in [4.78, 5) is 11.9. The molecule has 18 heavy (non-hydrogen) atoms. The fourth-order valence-electron chi connectivity index (χ4n) is 1.89. The molecule has 0 spiro atoms. The zero-order chi connectivity index (χ0) is 13.1. The lowest BCUT2D eigenvalue weighted by atomic mass is 10.1. The third-order valence-electron chi connectivity index (χ3n) is 2.83. The average Bonchev–Trinajstić information content (AvgIpc) is 2.69. The number of benzene rings is 1. The maximum atomic E-state index is 11.9. The molecule has 0 bridgehead atoms. The van der Waals surface area contributed by atoms with Gasteiger partial charge in [-0.15, -0.1) is 0 Å². The smallest absolute Gasteiger partial charge is 0.246 e. The second-order valence-corrected chi connectivity index (χ2v) is 4.47. The van der Waals surface area contributed by atoms with Crippen molar-refractivity contribution in [3.8, 4) is 0 Å². The first-order valence-electron chi connectivity index (χ1n) is 5.92. The van der Waals surface area contributed by atoms with Crippen molar-refractivity contribution in [1.82, 2.24) is 9.78 Å². The number of rotatable bonds is 3. The maximum Gasteiger partial charge on any atom is 0.246 e. The van der Waals surface area contributed by atoms with Crippen molar-refractivity contribution in [2.45, 2.75) is 27.3 Å². The molecule has 94 valence electrons. The van der Waals surface area contributed by atoms with Gasteiger partial charge in [-0.05, 0) is 38.0 Å². The van der Waals surface area contributed by atoms with Crippen LogP contribution in [0.15, 0.2) is 30.5 Å². The van der Waals surface area contributed by atoms with Crippen LogP contribution in [0.2, 0.25) is 0 Å². The average molecular weight is 243 g/mol. The van der Waals surface area contributed by atoms with Crippen LogP contribution in [0.3, 0.4) is 0 Å². The van der Waals surface area contributed by atoms with Crippen LogP contribution in [0, 0.1) is 20.8 Å². The van der Waals surface area contributed by atoms with Gasteiger partial charge in [0, 0.05) is 11.9 Å². The normalized spacial score (nSPS) is 10.4. The van der Waals surface area contributed by atoms with Gasteiger partial charge in [-0.3, -0.25) is 9.48 Å². The van der Waals surface area contributed by atoms with Crippen molar-refractivity contribution in [3.05, 3.63) is 47.3 Å². The van der Waals surface area contributed by atoms with Crippen molar-refractivity contribution < 1.29 is 4.79 Å². The fraction of sp³-hybridized carbons (Fsp3) is 0.286. The molecule has 2 aromatic rings. The van der Waals surface area contributed by atoms with E-state index in [-0.39, 0.29) is 12.5 Å². The van der Waals surface area contributed by atoms with Gasteiger partial charge in [0.15, 0.2) is 0 Å². The Labute approximate surface area is 107 Å². The summed E-state index contributed by atoms with van der Waals surface area (Å²) >= 11 is 0. The minimum absolute atomic E-state index is 0.0597. The lowest BCUT2D eigenvalue weighted by Crippen LogP contribution is -2.20. The Hall–Kier alpha value is -2.10. The number of para-hydroxylation sites is 1. The molecule has 1 N–H and O–H groups in total. The molecule has 4 heteroatoms. The molecule has 1 aromatic carbocycles. The first-order valence-corrected chi connectivity index (χ1v) is 5.92. The van der Waals surface area contributed by atoms with Crippen molar-refractivity contribution >= 4 is 11.6 Å². The largest absolute Gasteiger partial charge is 0.324 e. The fourth-order valence-corrected chi connectivity index (χ4v) is 1.89. The third kappa shape index (κ3) is 2.77. The minimum atomic E-state index is -0.0597. The quantitative estimate of drug-likeness (QED) is 0.900. The summed E-state index contributed by atoms with van der Waals surface area (Å²) in [6, 6.07) is 7.84. The Morgan fingerprint density at radius 1 is 1.22 bits per heavy atom. The number of anilines is 1. The third-order valence-corrected chi connectivity index (χ3v) is 2.83. The molecule has 2 rings (SSSR count). The van der Waals surface area contributed by atoms with E-state index in [1.807, 2.05) is 45.0 Å². The summed E-state index contributed by atoms with van der Waals surface area (Å²) in [6.45, 7) is 6.11. The second kappa shape index (κ2) is 5.04. The van der Waals surface area contributed by atoms with Crippen LogP contribution >= 0.6 is 0 Å². The second-order valence-electron chi connectivity index (χ2n) is 4.47. The van der Waals surface area contributed by atoms with Crippen molar-refractivity contribution in [1.29, 1.82) is 0 Å². The van der Waals surface area contributed by atoms with E-state index in [4.69, 9.17) is 0 Å². The zero-order valence-corrected chi connectivity index (χ0v) is 10.9. The van der Waals surface area contributed by atoms with Crippen LogP contribution in [0.1, 0.15) is 16.8 Å². The summed E-state index contributed by atoms with van der Waals surface area (Å²) in [5.41, 5.74) is 3.95. The van der Waals surface area contributed by atoms with Gasteiger partial charge in [0.1, 0.15) is 6.54 Å². The van der Waals surface area contributed by atoms with Gasteiger partial charge in [0.25, 0.3) is 0 Å². The van der Waals surface area contributed by atoms with Crippen molar-refractivity contribution in [2.24, 2.45) is 0 Å². The highest BCUT2D eigenvalue weighted by molar-refractivity contribution is 5.92. The van der Waals surface area contributed by atoms with Gasteiger partial charge in [0.2, 0.25) is 5.91 Å². The predicted octanol–water partition coefficient (Wildman–Crippen LogP) is 2.45. The van der Waals surface area contributed by atoms with Crippen LogP contribution in [0.4, 0.5) is 5.69 Å². The van der Waals surface area contributed by atoms with Gasteiger partial charge >= 0.3 is 0 Å². The van der Waals surface area contributed by atoms with Crippen LogP contribution < -0.4 is 5.32 Å². The number of hydrogen-bond acceptors (Lipinski definition) is 2. The SMILES string of the molecule is Cc1ccn(CC(=O)Nc2c(C)cccc2C)n1. The molecule has 0 aliphatic carbocycles. The van der Waals surface area contributed by atoms with Crippen LogP contribution in [0.25, 0.3) is 0 Å². The standard InChI is InChI=1S/C14H17N3O/c1-10-5-4-6-11(2)14(10)15-13(18)9-17-8-7-12(3)16-17/h4-8H,9H2,1-3H3,(H,15,18). The lowest BCUT2D eigenvalue weighted by molar-refractivity contribution is -0.116. The number of nitrogens with zero attached hydrogens (tertiary/aromatic N) is 2. The van der Waals surface area contributed by atoms with Crippen LogP contribution in [-0.4, -0.2) is 15.7 Å². The Morgan fingerprint density at radius 3 is 2.44 bits per heavy atom. The molecule has 0 aliphatic heterocycles. The van der Waals surface area contributed by atoms with Gasteiger partial charge < -0.3 is 5.32 Å². The van der Waals surface area contributed by atoms with Crippen molar-refractivity contribution in [2.75, 3.05) is 5.32 Å². The Balaban J connectivity index is 2.08. The molecule has 4 nitrogen and oxygen atoms in total. The number of carbonyl (C=O) groups excluding carboxylic acids is 1. The topological polar surface area (TPSA) is 46.9 Å². The summed E-state index contributed by atoms with van der Waals surface area (Å²) in [5.74, 6) is -0.0597. The van der Waals surface area contributed by atoms with Gasteiger partial charge in [-0.25, -0.2) is 0 Å². The van der Waals surface area contributed by atoms with E-state index >= 15 is 0 Å². The maximum absolute atomic E-state index is 11.9. The molecular formula is C14H17N3O. The minimum Gasteiger partial charge on any atom is -0.324 e. The van der Waals surface area contributed by atoms with E-state index in [0.717, 1.165) is 22.5 Å². The van der Waals surface area contributed by atoms with E-state index < -0.39 is 0 Å². The summed E-state index contributed by atoms with van der Waals surface area (Å²) in [7, 11) is 0. The zero-order valence-electron chi connectivity index (χ0n) is 10.9. The number of carbonyl (C=O) groups is 1. The number of nitrogens with one attached hydrogen (secondary N) is 1. The monoisotopic (exact) mass is 243 g/mol. The summed E-state index contributed by atoms with van der Waals surface area (Å²) in [5, 5.41) is 7.13. The molecule has 0 fully saturated rings. The van der Waals surface area contributed by atoms with Gasteiger partial charge in [0.05, 0.1) is 5.69 Å². The highest BCUT2D eigenvalue weighted by atomic mass is 16.2. The van der Waals surface area contributed by atoms with Gasteiger partial charge in [-0.2, -0.15) is 5.10 Å². The Morgan fingerprint density at radius 2 is 1.89 bits per heavy atom. The molecule has 0 atom stereocenters. The molecule has 0 unspecified atom stereocenters. The van der Waals surface area contributed by atoms with Crippen molar-refractivity contribution in [3.63, 3.8) is 0 Å². The van der Waals surface area contributed by atoms with Crippen LogP contribution in [0.5, 0.6) is 0 Å². The van der Waals surface area contributed by atoms with E-state index in [2.05, 4.69) is 10.4 Å². The first kappa shape index (κ1) is 12.4. The summed E-state index contributed by atoms with van der Waals surface area (Å²) < 4.78 is 1.64. The molecule has 1 heterocycles. The molecule has 1 amide bonds. The number of amides is 1. The van der Waals surface area contributed by atoms with Crippen LogP contribution in [-0.2, 0) is 11.3 Å². The number of hydrogen-bond donors (Lipinski definition) is 1. The lowest BCUT2D eigenvalue weighted by Gasteiger charge is -2.11.